The van der Waals surface area contributed by atoms with Gasteiger partial charge < -0.3 is 15.4 Å². The lowest BCUT2D eigenvalue weighted by Gasteiger charge is -2.12. The summed E-state index contributed by atoms with van der Waals surface area (Å²) in [7, 11) is 1.61. The summed E-state index contributed by atoms with van der Waals surface area (Å²) < 4.78 is 5.15. The number of ether oxygens (including phenoxy) is 1. The van der Waals surface area contributed by atoms with Gasteiger partial charge in [0.15, 0.2) is 0 Å². The average molecular weight is 397 g/mol. The van der Waals surface area contributed by atoms with E-state index in [1.54, 1.807) is 13.2 Å². The lowest BCUT2D eigenvalue weighted by Crippen LogP contribution is -2.16. The smallest absolute Gasteiger partial charge is 0.274 e. The molecule has 144 valence electrons. The van der Waals surface area contributed by atoms with Gasteiger partial charge in [0.25, 0.3) is 5.91 Å². The second-order valence-corrected chi connectivity index (χ2v) is 6.87. The van der Waals surface area contributed by atoms with Gasteiger partial charge >= 0.3 is 0 Å². The Labute approximate surface area is 168 Å². The molecule has 2 N–H and O–H groups in total. The summed E-state index contributed by atoms with van der Waals surface area (Å²) in [5, 5.41) is 6.45. The first kappa shape index (κ1) is 19.6. The van der Waals surface area contributed by atoms with Crippen LogP contribution in [-0.4, -0.2) is 23.0 Å². The molecule has 1 heterocycles. The Morgan fingerprint density at radius 1 is 1.04 bits per heavy atom. The van der Waals surface area contributed by atoms with E-state index in [0.717, 1.165) is 22.6 Å². The number of carbonyl (C=O) groups is 1. The third-order valence-electron chi connectivity index (χ3n) is 4.10. The number of carbonyl (C=O) groups excluding carboxylic acids is 1. The summed E-state index contributed by atoms with van der Waals surface area (Å²) in [6.07, 6.45) is 0. The maximum Gasteiger partial charge on any atom is 0.274 e. The minimum absolute atomic E-state index is 0.250. The number of aryl methyl sites for hydroxylation is 3. The third-order valence-corrected chi connectivity index (χ3v) is 4.40. The molecule has 0 aliphatic carbocycles. The first-order chi connectivity index (χ1) is 13.4. The topological polar surface area (TPSA) is 76.1 Å². The minimum Gasteiger partial charge on any atom is -0.497 e. The average Bonchev–Trinajstić information content (AvgIpc) is 2.64. The Morgan fingerprint density at radius 3 is 2.39 bits per heavy atom. The lowest BCUT2D eigenvalue weighted by atomic mass is 10.1. The number of hydrogen-bond donors (Lipinski definition) is 2. The largest absolute Gasteiger partial charge is 0.497 e. The number of benzene rings is 2. The van der Waals surface area contributed by atoms with Gasteiger partial charge in [-0.3, -0.25) is 4.79 Å². The second-order valence-electron chi connectivity index (χ2n) is 6.46. The monoisotopic (exact) mass is 396 g/mol. The molecule has 0 unspecified atom stereocenters. The van der Waals surface area contributed by atoms with E-state index in [0.29, 0.717) is 22.4 Å². The third kappa shape index (κ3) is 4.58. The van der Waals surface area contributed by atoms with Gasteiger partial charge in [0.05, 0.1) is 17.8 Å². The van der Waals surface area contributed by atoms with Crippen molar-refractivity contribution in [3.05, 3.63) is 70.0 Å². The highest BCUT2D eigenvalue weighted by molar-refractivity contribution is 6.34. The van der Waals surface area contributed by atoms with Crippen molar-refractivity contribution in [3.63, 3.8) is 0 Å². The van der Waals surface area contributed by atoms with Crippen molar-refractivity contribution in [1.29, 1.82) is 0 Å². The molecule has 3 aromatic rings. The molecule has 3 rings (SSSR count). The fraction of sp³-hybridized carbons (Fsp3) is 0.190. The highest BCUT2D eigenvalue weighted by Gasteiger charge is 2.14. The molecule has 0 spiro atoms. The summed E-state index contributed by atoms with van der Waals surface area (Å²) in [5.74, 6) is 0.736. The molecule has 0 saturated heterocycles. The summed E-state index contributed by atoms with van der Waals surface area (Å²) in [5.41, 5.74) is 4.21. The van der Waals surface area contributed by atoms with Crippen molar-refractivity contribution in [1.82, 2.24) is 9.97 Å². The quantitative estimate of drug-likeness (QED) is 0.630. The Balaban J connectivity index is 1.83. The summed E-state index contributed by atoms with van der Waals surface area (Å²) >= 11 is 6.29. The molecular weight excluding hydrogens is 376 g/mol. The van der Waals surface area contributed by atoms with E-state index in [9.17, 15) is 4.79 Å². The van der Waals surface area contributed by atoms with Crippen molar-refractivity contribution in [2.75, 3.05) is 17.7 Å². The standard InChI is InChI=1S/C21H21ClN4O2/c1-12-9-13(2)19(17(22)10-12)26-20(27)18-11-14(3)23-21(25-18)24-15-5-7-16(28-4)8-6-15/h5-11H,1-4H3,(H,26,27)(H,23,24,25). The van der Waals surface area contributed by atoms with E-state index in [-0.39, 0.29) is 11.6 Å². The first-order valence-corrected chi connectivity index (χ1v) is 9.08. The van der Waals surface area contributed by atoms with E-state index in [2.05, 4.69) is 20.6 Å². The second kappa shape index (κ2) is 8.27. The molecule has 0 atom stereocenters. The zero-order valence-electron chi connectivity index (χ0n) is 16.1. The molecule has 0 bridgehead atoms. The van der Waals surface area contributed by atoms with Gasteiger partial charge in [-0.05, 0) is 68.3 Å². The molecule has 7 heteroatoms. The zero-order valence-corrected chi connectivity index (χ0v) is 16.9. The van der Waals surface area contributed by atoms with E-state index >= 15 is 0 Å². The van der Waals surface area contributed by atoms with Crippen LogP contribution in [0.1, 0.15) is 27.3 Å². The van der Waals surface area contributed by atoms with E-state index in [1.165, 1.54) is 0 Å². The predicted molar refractivity (Wildman–Crippen MR) is 112 cm³/mol. The fourth-order valence-corrected chi connectivity index (χ4v) is 3.16. The lowest BCUT2D eigenvalue weighted by molar-refractivity contribution is 0.102. The van der Waals surface area contributed by atoms with Crippen LogP contribution in [-0.2, 0) is 0 Å². The molecule has 0 saturated carbocycles. The van der Waals surface area contributed by atoms with Gasteiger partial charge in [-0.25, -0.2) is 9.97 Å². The molecule has 0 fully saturated rings. The number of aromatic nitrogens is 2. The molecule has 0 aliphatic heterocycles. The van der Waals surface area contributed by atoms with Gasteiger partial charge in [0.2, 0.25) is 5.95 Å². The number of anilines is 3. The van der Waals surface area contributed by atoms with Gasteiger partial charge in [-0.15, -0.1) is 0 Å². The summed E-state index contributed by atoms with van der Waals surface area (Å²) in [6.45, 7) is 5.66. The molecule has 0 radical (unpaired) electrons. The van der Waals surface area contributed by atoms with Gasteiger partial charge in [-0.1, -0.05) is 17.7 Å². The summed E-state index contributed by atoms with van der Waals surface area (Å²) in [4.78, 5) is 21.4. The van der Waals surface area contributed by atoms with Crippen LogP contribution in [0.15, 0.2) is 42.5 Å². The van der Waals surface area contributed by atoms with Crippen molar-refractivity contribution < 1.29 is 9.53 Å². The maximum atomic E-state index is 12.7. The zero-order chi connectivity index (χ0) is 20.3. The van der Waals surface area contributed by atoms with Crippen LogP contribution >= 0.6 is 11.6 Å². The molecule has 1 aromatic heterocycles. The van der Waals surface area contributed by atoms with E-state index in [4.69, 9.17) is 16.3 Å². The van der Waals surface area contributed by atoms with Crippen LogP contribution in [0.3, 0.4) is 0 Å². The van der Waals surface area contributed by atoms with Gasteiger partial charge in [-0.2, -0.15) is 0 Å². The van der Waals surface area contributed by atoms with Crippen molar-refractivity contribution in [2.24, 2.45) is 0 Å². The van der Waals surface area contributed by atoms with Crippen molar-refractivity contribution >= 4 is 34.8 Å². The Morgan fingerprint density at radius 2 is 1.75 bits per heavy atom. The SMILES string of the molecule is COc1ccc(Nc2nc(C)cc(C(=O)Nc3c(C)cc(C)cc3Cl)n2)cc1. The molecule has 2 aromatic carbocycles. The Bertz CT molecular complexity index is 996. The Hall–Kier alpha value is -3.12. The van der Waals surface area contributed by atoms with Crippen LogP contribution in [0.4, 0.5) is 17.3 Å². The number of rotatable bonds is 5. The highest BCUT2D eigenvalue weighted by Crippen LogP contribution is 2.28. The Kier molecular flexibility index (Phi) is 5.80. The number of nitrogens with one attached hydrogen (secondary N) is 2. The van der Waals surface area contributed by atoms with Crippen LogP contribution in [0.5, 0.6) is 5.75 Å². The van der Waals surface area contributed by atoms with Crippen LogP contribution in [0.2, 0.25) is 5.02 Å². The van der Waals surface area contributed by atoms with Crippen molar-refractivity contribution in [2.45, 2.75) is 20.8 Å². The number of amides is 1. The van der Waals surface area contributed by atoms with Gasteiger partial charge in [0, 0.05) is 11.4 Å². The van der Waals surface area contributed by atoms with E-state index in [1.807, 2.05) is 57.2 Å². The normalized spacial score (nSPS) is 10.5. The van der Waals surface area contributed by atoms with Crippen LogP contribution in [0.25, 0.3) is 0 Å². The van der Waals surface area contributed by atoms with Crippen LogP contribution in [0, 0.1) is 20.8 Å². The first-order valence-electron chi connectivity index (χ1n) is 8.70. The molecule has 0 aliphatic rings. The van der Waals surface area contributed by atoms with Gasteiger partial charge in [0.1, 0.15) is 11.4 Å². The minimum atomic E-state index is -0.350. The maximum absolute atomic E-state index is 12.7. The number of nitrogens with zero attached hydrogens (tertiary/aromatic N) is 2. The fourth-order valence-electron chi connectivity index (χ4n) is 2.80. The van der Waals surface area contributed by atoms with Crippen molar-refractivity contribution in [3.8, 4) is 5.75 Å². The number of hydrogen-bond acceptors (Lipinski definition) is 5. The van der Waals surface area contributed by atoms with Crippen LogP contribution < -0.4 is 15.4 Å². The molecular formula is C21H21ClN4O2. The molecule has 6 nitrogen and oxygen atoms in total. The highest BCUT2D eigenvalue weighted by atomic mass is 35.5. The number of halogens is 1. The molecule has 1 amide bonds. The number of methoxy groups -OCH3 is 1. The summed E-state index contributed by atoms with van der Waals surface area (Å²) in [6, 6.07) is 12.8. The predicted octanol–water partition coefficient (Wildman–Crippen LogP) is 5.06. The molecule has 28 heavy (non-hydrogen) atoms. The van der Waals surface area contributed by atoms with E-state index < -0.39 is 0 Å².